The molecule has 0 amide bonds. The Morgan fingerprint density at radius 2 is 2.18 bits per heavy atom. The van der Waals surface area contributed by atoms with E-state index in [4.69, 9.17) is 19.9 Å². The summed E-state index contributed by atoms with van der Waals surface area (Å²) in [6.07, 6.45) is 6.31. The number of methoxy groups -OCH3 is 2. The number of nitrogens with two attached hydrogens (primary N) is 1. The van der Waals surface area contributed by atoms with Crippen molar-refractivity contribution in [1.29, 1.82) is 0 Å². The predicted molar refractivity (Wildman–Crippen MR) is 86.7 cm³/mol. The number of hydrogen-bond acceptors (Lipinski definition) is 5. The Labute approximate surface area is 131 Å². The van der Waals surface area contributed by atoms with E-state index < -0.39 is 0 Å². The molecule has 0 aromatic heterocycles. The molecule has 1 aromatic rings. The van der Waals surface area contributed by atoms with E-state index in [1.165, 1.54) is 0 Å². The smallest absolute Gasteiger partial charge is 0.141 e. The minimum absolute atomic E-state index is 0.237. The minimum atomic E-state index is -0.237. The van der Waals surface area contributed by atoms with E-state index in [1.807, 2.05) is 12.1 Å². The molecule has 2 heterocycles. The highest BCUT2D eigenvalue weighted by Crippen LogP contribution is 2.42. The molecule has 0 bridgehead atoms. The van der Waals surface area contributed by atoms with Gasteiger partial charge in [0, 0.05) is 31.6 Å². The molecule has 1 fully saturated rings. The third-order valence-corrected chi connectivity index (χ3v) is 4.42. The van der Waals surface area contributed by atoms with E-state index in [2.05, 4.69) is 17.1 Å². The van der Waals surface area contributed by atoms with Gasteiger partial charge in [0.1, 0.15) is 22.8 Å². The molecule has 3 rings (SSSR count). The van der Waals surface area contributed by atoms with Gasteiger partial charge in [-0.1, -0.05) is 0 Å². The van der Waals surface area contributed by atoms with Crippen LogP contribution in [0.15, 0.2) is 18.2 Å². The van der Waals surface area contributed by atoms with Gasteiger partial charge in [-0.15, -0.1) is 0 Å². The van der Waals surface area contributed by atoms with Gasteiger partial charge in [0.05, 0.1) is 19.8 Å². The summed E-state index contributed by atoms with van der Waals surface area (Å²) in [5.74, 6) is 2.36. The summed E-state index contributed by atoms with van der Waals surface area (Å²) >= 11 is 0. The zero-order valence-electron chi connectivity index (χ0n) is 13.3. The lowest BCUT2D eigenvalue weighted by Crippen LogP contribution is -2.39. The van der Waals surface area contributed by atoms with Crippen LogP contribution in [0.25, 0.3) is 6.08 Å². The van der Waals surface area contributed by atoms with Crippen LogP contribution in [0.5, 0.6) is 17.2 Å². The van der Waals surface area contributed by atoms with Crippen molar-refractivity contribution in [3.8, 4) is 17.2 Å². The number of benzene rings is 1. The molecule has 0 radical (unpaired) electrons. The second-order valence-electron chi connectivity index (χ2n) is 5.91. The second kappa shape index (κ2) is 6.18. The Morgan fingerprint density at radius 3 is 2.91 bits per heavy atom. The van der Waals surface area contributed by atoms with E-state index in [1.54, 1.807) is 14.2 Å². The van der Waals surface area contributed by atoms with Crippen molar-refractivity contribution in [2.45, 2.75) is 18.4 Å². The Kier molecular flexibility index (Phi) is 4.27. The fourth-order valence-electron chi connectivity index (χ4n) is 3.21. The van der Waals surface area contributed by atoms with Crippen LogP contribution in [0.1, 0.15) is 18.4 Å². The van der Waals surface area contributed by atoms with E-state index in [0.29, 0.717) is 0 Å². The van der Waals surface area contributed by atoms with Gasteiger partial charge >= 0.3 is 0 Å². The van der Waals surface area contributed by atoms with Crippen molar-refractivity contribution in [1.82, 2.24) is 4.90 Å². The number of hydrogen-bond donors (Lipinski definition) is 1. The third-order valence-electron chi connectivity index (χ3n) is 4.42. The van der Waals surface area contributed by atoms with Gasteiger partial charge in [-0.25, -0.2) is 0 Å². The largest absolute Gasteiger partial charge is 0.496 e. The van der Waals surface area contributed by atoms with E-state index in [0.717, 1.165) is 61.8 Å². The number of fused-ring (bicyclic) bond motifs is 1. The normalized spacial score (nSPS) is 23.4. The molecule has 1 spiro atoms. The van der Waals surface area contributed by atoms with Crippen LogP contribution >= 0.6 is 0 Å². The van der Waals surface area contributed by atoms with E-state index in [-0.39, 0.29) is 5.60 Å². The number of rotatable bonds is 5. The van der Waals surface area contributed by atoms with E-state index in [9.17, 15) is 0 Å². The summed E-state index contributed by atoms with van der Waals surface area (Å²) in [7, 11) is 3.32. The molecule has 0 saturated carbocycles. The van der Waals surface area contributed by atoms with Crippen LogP contribution in [0.2, 0.25) is 0 Å². The highest BCUT2D eigenvalue weighted by molar-refractivity contribution is 5.69. The SMILES string of the molecule is COc1cc(OC)c2c(c1)OC1(C=C2)CCN(CCCN)C1. The molecule has 2 aliphatic heterocycles. The molecular formula is C17H24N2O3. The van der Waals surface area contributed by atoms with Gasteiger partial charge in [-0.3, -0.25) is 4.90 Å². The summed E-state index contributed by atoms with van der Waals surface area (Å²) in [4.78, 5) is 2.42. The maximum Gasteiger partial charge on any atom is 0.141 e. The maximum atomic E-state index is 6.36. The lowest BCUT2D eigenvalue weighted by atomic mass is 9.97. The number of ether oxygens (including phenoxy) is 3. The molecule has 1 aromatic carbocycles. The molecule has 1 atom stereocenters. The molecule has 2 N–H and O–H groups in total. The van der Waals surface area contributed by atoms with Crippen molar-refractivity contribution >= 4 is 6.08 Å². The molecule has 1 saturated heterocycles. The van der Waals surface area contributed by atoms with Crippen LogP contribution in [0.4, 0.5) is 0 Å². The zero-order valence-corrected chi connectivity index (χ0v) is 13.3. The molecule has 22 heavy (non-hydrogen) atoms. The lowest BCUT2D eigenvalue weighted by Gasteiger charge is -2.32. The van der Waals surface area contributed by atoms with Crippen LogP contribution in [-0.4, -0.2) is 50.9 Å². The Morgan fingerprint density at radius 1 is 1.32 bits per heavy atom. The average molecular weight is 304 g/mol. The predicted octanol–water partition coefficient (Wildman–Crippen LogP) is 1.90. The van der Waals surface area contributed by atoms with Crippen LogP contribution in [0.3, 0.4) is 0 Å². The van der Waals surface area contributed by atoms with Gasteiger partial charge in [0.25, 0.3) is 0 Å². The summed E-state index contributed by atoms with van der Waals surface area (Å²) in [6.45, 7) is 3.71. The monoisotopic (exact) mass is 304 g/mol. The van der Waals surface area contributed by atoms with Gasteiger partial charge in [0.2, 0.25) is 0 Å². The van der Waals surface area contributed by atoms with Crippen LogP contribution < -0.4 is 19.9 Å². The molecule has 5 nitrogen and oxygen atoms in total. The van der Waals surface area contributed by atoms with Crippen molar-refractivity contribution in [2.75, 3.05) is 40.4 Å². The fourth-order valence-corrected chi connectivity index (χ4v) is 3.21. The minimum Gasteiger partial charge on any atom is -0.496 e. The van der Waals surface area contributed by atoms with E-state index >= 15 is 0 Å². The molecule has 0 aliphatic carbocycles. The first-order chi connectivity index (χ1) is 10.7. The van der Waals surface area contributed by atoms with Gasteiger partial charge < -0.3 is 19.9 Å². The van der Waals surface area contributed by atoms with Gasteiger partial charge in [-0.2, -0.15) is 0 Å². The van der Waals surface area contributed by atoms with Crippen molar-refractivity contribution in [2.24, 2.45) is 5.73 Å². The highest BCUT2D eigenvalue weighted by atomic mass is 16.5. The van der Waals surface area contributed by atoms with Crippen molar-refractivity contribution in [3.63, 3.8) is 0 Å². The summed E-state index contributed by atoms with van der Waals surface area (Å²) in [5.41, 5.74) is 6.35. The molecule has 5 heteroatoms. The Hall–Kier alpha value is -1.72. The molecule has 1 unspecified atom stereocenters. The maximum absolute atomic E-state index is 6.36. The molecule has 120 valence electrons. The first-order valence-corrected chi connectivity index (χ1v) is 7.76. The number of nitrogens with zero attached hydrogens (tertiary/aromatic N) is 1. The highest BCUT2D eigenvalue weighted by Gasteiger charge is 2.40. The van der Waals surface area contributed by atoms with Gasteiger partial charge in [0.15, 0.2) is 0 Å². The van der Waals surface area contributed by atoms with Crippen LogP contribution in [-0.2, 0) is 0 Å². The second-order valence-corrected chi connectivity index (χ2v) is 5.91. The van der Waals surface area contributed by atoms with Crippen molar-refractivity contribution in [3.05, 3.63) is 23.8 Å². The summed E-state index contributed by atoms with van der Waals surface area (Å²) in [5, 5.41) is 0. The molecular weight excluding hydrogens is 280 g/mol. The molecule has 2 aliphatic rings. The van der Waals surface area contributed by atoms with Gasteiger partial charge in [-0.05, 0) is 31.7 Å². The topological polar surface area (TPSA) is 57.0 Å². The van der Waals surface area contributed by atoms with Crippen molar-refractivity contribution < 1.29 is 14.2 Å². The standard InChI is InChI=1S/C17H24N2O3/c1-20-13-10-15(21-2)14-4-5-17(22-16(14)11-13)6-9-19(12-17)8-3-7-18/h4-5,10-11H,3,6-9,12,18H2,1-2H3. The quantitative estimate of drug-likeness (QED) is 0.900. The summed E-state index contributed by atoms with van der Waals surface area (Å²) < 4.78 is 17.1. The Balaban J connectivity index is 1.83. The average Bonchev–Trinajstić information content (AvgIpc) is 2.93. The van der Waals surface area contributed by atoms with Crippen LogP contribution in [0, 0.1) is 0 Å². The third kappa shape index (κ3) is 2.78. The Bertz CT molecular complexity index is 573. The first kappa shape index (κ1) is 15.2. The first-order valence-electron chi connectivity index (χ1n) is 7.76. The fraction of sp³-hybridized carbons (Fsp3) is 0.529. The summed E-state index contributed by atoms with van der Waals surface area (Å²) in [6, 6.07) is 3.82. The zero-order chi connectivity index (χ0) is 15.6. The number of likely N-dealkylation sites (tertiary alicyclic amines) is 1. The lowest BCUT2D eigenvalue weighted by molar-refractivity contribution is 0.122.